The number of ether oxygens (including phenoxy) is 1. The maximum Gasteiger partial charge on any atom is 0.107 e. The zero-order chi connectivity index (χ0) is 16.4. The molecule has 0 saturated carbocycles. The summed E-state index contributed by atoms with van der Waals surface area (Å²) >= 11 is 12.0. The first-order valence-corrected chi connectivity index (χ1v) is 7.84. The molecule has 3 rings (SSSR count). The minimum absolute atomic E-state index is 0.127. The van der Waals surface area contributed by atoms with Crippen LogP contribution >= 0.6 is 23.2 Å². The van der Waals surface area contributed by atoms with Crippen molar-refractivity contribution in [3.8, 4) is 11.8 Å². The van der Waals surface area contributed by atoms with Gasteiger partial charge in [0.2, 0.25) is 0 Å². The molecule has 1 aliphatic rings. The molecule has 2 aromatic rings. The van der Waals surface area contributed by atoms with Gasteiger partial charge in [0.25, 0.3) is 0 Å². The molecule has 114 valence electrons. The van der Waals surface area contributed by atoms with E-state index in [0.717, 1.165) is 27.8 Å². The summed E-state index contributed by atoms with van der Waals surface area (Å²) in [6, 6.07) is 11.3. The predicted molar refractivity (Wildman–Crippen MR) is 96.8 cm³/mol. The quantitative estimate of drug-likeness (QED) is 0.608. The molecule has 23 heavy (non-hydrogen) atoms. The van der Waals surface area contributed by atoms with Gasteiger partial charge in [-0.2, -0.15) is 0 Å². The highest BCUT2D eigenvalue weighted by atomic mass is 35.5. The van der Waals surface area contributed by atoms with E-state index >= 15 is 0 Å². The topological polar surface area (TPSA) is 9.23 Å². The minimum atomic E-state index is -0.127. The van der Waals surface area contributed by atoms with Crippen molar-refractivity contribution in [3.63, 3.8) is 0 Å². The third kappa shape index (κ3) is 3.51. The molecule has 0 spiro atoms. The first kappa shape index (κ1) is 15.9. The van der Waals surface area contributed by atoms with E-state index in [-0.39, 0.29) is 6.10 Å². The first-order valence-electron chi connectivity index (χ1n) is 7.08. The highest BCUT2D eigenvalue weighted by Crippen LogP contribution is 2.33. The summed E-state index contributed by atoms with van der Waals surface area (Å²) in [4.78, 5) is 0. The summed E-state index contributed by atoms with van der Waals surface area (Å²) < 4.78 is 5.55. The number of hydrogen-bond donors (Lipinski definition) is 0. The SMILES string of the molecule is C=C1C=Cc2ccc(C#Cc3cc(Cl)cc(Cl)c3)cc2C1OC. The number of hydrogen-bond acceptors (Lipinski definition) is 1. The Morgan fingerprint density at radius 2 is 1.65 bits per heavy atom. The van der Waals surface area contributed by atoms with Crippen molar-refractivity contribution in [1.82, 2.24) is 0 Å². The normalized spacial score (nSPS) is 15.8. The third-order valence-electron chi connectivity index (χ3n) is 3.63. The van der Waals surface area contributed by atoms with E-state index in [2.05, 4.69) is 18.4 Å². The zero-order valence-electron chi connectivity index (χ0n) is 12.6. The first-order chi connectivity index (χ1) is 11.1. The summed E-state index contributed by atoms with van der Waals surface area (Å²) in [6.45, 7) is 4.03. The lowest BCUT2D eigenvalue weighted by molar-refractivity contribution is 0.135. The molecule has 1 atom stereocenters. The lowest BCUT2D eigenvalue weighted by Crippen LogP contribution is -2.08. The number of methoxy groups -OCH3 is 1. The molecule has 1 unspecified atom stereocenters. The predicted octanol–water partition coefficient (Wildman–Crippen LogP) is 5.66. The molecule has 0 heterocycles. The molecule has 0 aliphatic heterocycles. The molecule has 0 bridgehead atoms. The lowest BCUT2D eigenvalue weighted by Gasteiger charge is -2.22. The largest absolute Gasteiger partial charge is 0.372 e. The third-order valence-corrected chi connectivity index (χ3v) is 4.07. The van der Waals surface area contributed by atoms with E-state index in [1.807, 2.05) is 30.4 Å². The Morgan fingerprint density at radius 3 is 2.35 bits per heavy atom. The van der Waals surface area contributed by atoms with E-state index in [1.54, 1.807) is 25.3 Å². The molecular weight excluding hydrogens is 327 g/mol. The number of halogens is 2. The Bertz CT molecular complexity index is 849. The van der Waals surface area contributed by atoms with Gasteiger partial charge >= 0.3 is 0 Å². The van der Waals surface area contributed by atoms with Gasteiger partial charge in [0, 0.05) is 28.3 Å². The van der Waals surface area contributed by atoms with Gasteiger partial charge in [-0.25, -0.2) is 0 Å². The standard InChI is InChI=1S/C20H14Cl2O/c1-13-3-7-16-8-6-14(11-19(16)20(13)23-2)4-5-15-9-17(21)12-18(22)10-15/h3,6-12,20H,1H2,2H3. The van der Waals surface area contributed by atoms with E-state index in [1.165, 1.54) is 0 Å². The second kappa shape index (κ2) is 6.64. The number of rotatable bonds is 1. The molecule has 0 radical (unpaired) electrons. The molecule has 1 nitrogen and oxygen atoms in total. The fourth-order valence-electron chi connectivity index (χ4n) is 2.56. The van der Waals surface area contributed by atoms with Crippen LogP contribution in [0.15, 0.2) is 54.6 Å². The summed E-state index contributed by atoms with van der Waals surface area (Å²) in [5.74, 6) is 6.24. The number of benzene rings is 2. The van der Waals surface area contributed by atoms with Gasteiger partial charge in [0.15, 0.2) is 0 Å². The fraction of sp³-hybridized carbons (Fsp3) is 0.100. The van der Waals surface area contributed by atoms with Crippen LogP contribution < -0.4 is 0 Å². The maximum absolute atomic E-state index is 5.99. The van der Waals surface area contributed by atoms with Crippen LogP contribution in [0.3, 0.4) is 0 Å². The van der Waals surface area contributed by atoms with Crippen LogP contribution in [-0.4, -0.2) is 7.11 Å². The van der Waals surface area contributed by atoms with Crippen LogP contribution in [0, 0.1) is 11.8 Å². The minimum Gasteiger partial charge on any atom is -0.372 e. The molecule has 0 N–H and O–H groups in total. The molecule has 2 aromatic carbocycles. The summed E-state index contributed by atoms with van der Waals surface area (Å²) in [6.07, 6.45) is 3.90. The number of fused-ring (bicyclic) bond motifs is 1. The van der Waals surface area contributed by atoms with Crippen molar-refractivity contribution in [1.29, 1.82) is 0 Å². The van der Waals surface area contributed by atoms with Crippen molar-refractivity contribution < 1.29 is 4.74 Å². The monoisotopic (exact) mass is 340 g/mol. The van der Waals surface area contributed by atoms with Gasteiger partial charge in [-0.1, -0.05) is 59.8 Å². The summed E-state index contributed by atoms with van der Waals surface area (Å²) in [5.41, 5.74) is 4.83. The Balaban J connectivity index is 1.97. The smallest absolute Gasteiger partial charge is 0.107 e. The Morgan fingerprint density at radius 1 is 0.957 bits per heavy atom. The van der Waals surface area contributed by atoms with Gasteiger partial charge in [0.1, 0.15) is 6.10 Å². The molecular formula is C20H14Cl2O. The molecule has 3 heteroatoms. The van der Waals surface area contributed by atoms with Crippen LogP contribution in [-0.2, 0) is 4.74 Å². The fourth-order valence-corrected chi connectivity index (χ4v) is 3.09. The zero-order valence-corrected chi connectivity index (χ0v) is 14.1. The Hall–Kier alpha value is -1.98. The van der Waals surface area contributed by atoms with Gasteiger partial charge in [-0.05, 0) is 47.0 Å². The van der Waals surface area contributed by atoms with Crippen LogP contribution in [0.25, 0.3) is 6.08 Å². The summed E-state index contributed by atoms with van der Waals surface area (Å²) in [7, 11) is 1.69. The van der Waals surface area contributed by atoms with E-state index in [9.17, 15) is 0 Å². The average Bonchev–Trinajstić information content (AvgIpc) is 2.52. The highest BCUT2D eigenvalue weighted by Gasteiger charge is 2.19. The van der Waals surface area contributed by atoms with Crippen LogP contribution in [0.4, 0.5) is 0 Å². The van der Waals surface area contributed by atoms with E-state index in [0.29, 0.717) is 10.0 Å². The molecule has 0 saturated heterocycles. The van der Waals surface area contributed by atoms with Gasteiger partial charge in [-0.3, -0.25) is 0 Å². The van der Waals surface area contributed by atoms with Gasteiger partial charge in [-0.15, -0.1) is 0 Å². The highest BCUT2D eigenvalue weighted by molar-refractivity contribution is 6.34. The van der Waals surface area contributed by atoms with Crippen molar-refractivity contribution in [2.75, 3.05) is 7.11 Å². The van der Waals surface area contributed by atoms with Crippen LogP contribution in [0.2, 0.25) is 10.0 Å². The average molecular weight is 341 g/mol. The lowest BCUT2D eigenvalue weighted by atomic mass is 9.90. The van der Waals surface area contributed by atoms with Gasteiger partial charge in [0.05, 0.1) is 0 Å². The van der Waals surface area contributed by atoms with Crippen molar-refractivity contribution in [3.05, 3.63) is 86.9 Å². The van der Waals surface area contributed by atoms with Crippen molar-refractivity contribution in [2.45, 2.75) is 6.10 Å². The molecule has 1 aliphatic carbocycles. The Labute approximate surface area is 146 Å². The summed E-state index contributed by atoms with van der Waals surface area (Å²) in [5, 5.41) is 1.15. The van der Waals surface area contributed by atoms with Crippen LogP contribution in [0.5, 0.6) is 0 Å². The maximum atomic E-state index is 5.99. The second-order valence-corrected chi connectivity index (χ2v) is 6.15. The molecule has 0 aromatic heterocycles. The Kier molecular flexibility index (Phi) is 4.59. The van der Waals surface area contributed by atoms with Gasteiger partial charge < -0.3 is 4.74 Å². The van der Waals surface area contributed by atoms with Crippen LogP contribution in [0.1, 0.15) is 28.4 Å². The second-order valence-electron chi connectivity index (χ2n) is 5.28. The van der Waals surface area contributed by atoms with Crippen molar-refractivity contribution in [2.24, 2.45) is 0 Å². The molecule has 0 fully saturated rings. The van der Waals surface area contributed by atoms with Crippen molar-refractivity contribution >= 4 is 29.3 Å². The van der Waals surface area contributed by atoms with E-state index in [4.69, 9.17) is 27.9 Å². The van der Waals surface area contributed by atoms with E-state index < -0.39 is 0 Å². The molecule has 0 amide bonds.